The molecule has 0 unspecified atom stereocenters. The zero-order chi connectivity index (χ0) is 16.8. The highest BCUT2D eigenvalue weighted by molar-refractivity contribution is 8.01. The van der Waals surface area contributed by atoms with Gasteiger partial charge in [0.15, 0.2) is 4.34 Å². The van der Waals surface area contributed by atoms with Crippen LogP contribution in [0.1, 0.15) is 11.1 Å². The number of rotatable bonds is 6. The second-order valence-electron chi connectivity index (χ2n) is 5.30. The van der Waals surface area contributed by atoms with E-state index >= 15 is 0 Å². The van der Waals surface area contributed by atoms with E-state index in [1.165, 1.54) is 23.1 Å². The fourth-order valence-corrected chi connectivity index (χ4v) is 3.68. The van der Waals surface area contributed by atoms with E-state index in [4.69, 9.17) is 0 Å². The Labute approximate surface area is 149 Å². The standard InChI is InChI=1S/C18H17N3OS2/c1-14-6-5-9-16(10-14)21(11-15-7-3-2-4-8-15)17(22)12-23-18-20-19-13-24-18/h2-10,13H,11-12H2,1H3. The SMILES string of the molecule is Cc1cccc(N(Cc2ccccc2)C(=O)CSc2nncs2)c1. The fraction of sp³-hybridized carbons (Fsp3) is 0.167. The topological polar surface area (TPSA) is 46.1 Å². The molecule has 3 aromatic rings. The Bertz CT molecular complexity index is 791. The van der Waals surface area contributed by atoms with E-state index in [-0.39, 0.29) is 5.91 Å². The molecule has 0 spiro atoms. The lowest BCUT2D eigenvalue weighted by Gasteiger charge is -2.23. The maximum absolute atomic E-state index is 12.8. The molecule has 2 aromatic carbocycles. The van der Waals surface area contributed by atoms with Crippen LogP contribution in [0, 0.1) is 6.92 Å². The average Bonchev–Trinajstić information content (AvgIpc) is 3.12. The van der Waals surface area contributed by atoms with Gasteiger partial charge in [-0.05, 0) is 30.2 Å². The van der Waals surface area contributed by atoms with E-state index in [0.717, 1.165) is 21.2 Å². The lowest BCUT2D eigenvalue weighted by molar-refractivity contribution is -0.116. The van der Waals surface area contributed by atoms with E-state index in [2.05, 4.69) is 10.2 Å². The first-order valence-electron chi connectivity index (χ1n) is 7.52. The van der Waals surface area contributed by atoms with Crippen LogP contribution in [0.2, 0.25) is 0 Å². The highest BCUT2D eigenvalue weighted by Crippen LogP contribution is 2.23. The Kier molecular flexibility index (Phi) is 5.61. The summed E-state index contributed by atoms with van der Waals surface area (Å²) in [6, 6.07) is 18.1. The molecule has 0 aliphatic heterocycles. The summed E-state index contributed by atoms with van der Waals surface area (Å²) in [5, 5.41) is 7.78. The largest absolute Gasteiger partial charge is 0.307 e. The third-order valence-corrected chi connectivity index (χ3v) is 5.30. The number of anilines is 1. The van der Waals surface area contributed by atoms with Crippen molar-refractivity contribution < 1.29 is 4.79 Å². The molecule has 6 heteroatoms. The number of carbonyl (C=O) groups excluding carboxylic acids is 1. The first-order valence-corrected chi connectivity index (χ1v) is 9.39. The molecule has 3 rings (SSSR count). The van der Waals surface area contributed by atoms with Gasteiger partial charge in [0.2, 0.25) is 5.91 Å². The van der Waals surface area contributed by atoms with Crippen LogP contribution in [-0.4, -0.2) is 21.9 Å². The van der Waals surface area contributed by atoms with E-state index in [0.29, 0.717) is 12.3 Å². The van der Waals surface area contributed by atoms with Crippen LogP contribution in [0.4, 0.5) is 5.69 Å². The summed E-state index contributed by atoms with van der Waals surface area (Å²) in [5.74, 6) is 0.403. The predicted octanol–water partition coefficient (Wildman–Crippen LogP) is 4.17. The Hall–Kier alpha value is -2.18. The molecule has 0 fully saturated rings. The Balaban J connectivity index is 1.79. The molecule has 0 radical (unpaired) electrons. The number of aromatic nitrogens is 2. The smallest absolute Gasteiger partial charge is 0.237 e. The van der Waals surface area contributed by atoms with Crippen LogP contribution in [-0.2, 0) is 11.3 Å². The number of benzene rings is 2. The number of carbonyl (C=O) groups is 1. The van der Waals surface area contributed by atoms with Gasteiger partial charge < -0.3 is 4.90 Å². The molecular formula is C18H17N3OS2. The van der Waals surface area contributed by atoms with Crippen molar-refractivity contribution in [3.63, 3.8) is 0 Å². The van der Waals surface area contributed by atoms with Crippen LogP contribution >= 0.6 is 23.1 Å². The van der Waals surface area contributed by atoms with E-state index in [1.807, 2.05) is 66.4 Å². The van der Waals surface area contributed by atoms with Gasteiger partial charge in [-0.1, -0.05) is 65.6 Å². The minimum absolute atomic E-state index is 0.0599. The molecule has 122 valence electrons. The number of thioether (sulfide) groups is 1. The summed E-state index contributed by atoms with van der Waals surface area (Å²) in [5.41, 5.74) is 4.83. The lowest BCUT2D eigenvalue weighted by Crippen LogP contribution is -2.32. The van der Waals surface area contributed by atoms with E-state index in [1.54, 1.807) is 5.51 Å². The van der Waals surface area contributed by atoms with Gasteiger partial charge >= 0.3 is 0 Å². The molecule has 0 aliphatic rings. The van der Waals surface area contributed by atoms with E-state index < -0.39 is 0 Å². The quantitative estimate of drug-likeness (QED) is 0.623. The van der Waals surface area contributed by atoms with Crippen LogP contribution < -0.4 is 4.90 Å². The molecule has 0 saturated carbocycles. The third kappa shape index (κ3) is 4.43. The molecule has 1 heterocycles. The van der Waals surface area contributed by atoms with Gasteiger partial charge in [-0.15, -0.1) is 10.2 Å². The van der Waals surface area contributed by atoms with Crippen molar-refractivity contribution in [2.45, 2.75) is 17.8 Å². The van der Waals surface area contributed by atoms with Gasteiger partial charge in [0.25, 0.3) is 0 Å². The summed E-state index contributed by atoms with van der Waals surface area (Å²) in [7, 11) is 0. The zero-order valence-electron chi connectivity index (χ0n) is 13.3. The van der Waals surface area contributed by atoms with Crippen molar-refractivity contribution in [1.29, 1.82) is 0 Å². The van der Waals surface area contributed by atoms with Gasteiger partial charge in [-0.25, -0.2) is 0 Å². The normalized spacial score (nSPS) is 10.5. The van der Waals surface area contributed by atoms with Crippen molar-refractivity contribution in [3.05, 3.63) is 71.2 Å². The van der Waals surface area contributed by atoms with Gasteiger partial charge in [-0.2, -0.15) is 0 Å². The third-order valence-electron chi connectivity index (χ3n) is 3.46. The molecule has 1 amide bonds. The number of hydrogen-bond acceptors (Lipinski definition) is 5. The molecule has 1 aromatic heterocycles. The van der Waals surface area contributed by atoms with Gasteiger partial charge in [0, 0.05) is 5.69 Å². The number of aryl methyl sites for hydroxylation is 1. The van der Waals surface area contributed by atoms with Crippen LogP contribution in [0.5, 0.6) is 0 Å². The first-order chi connectivity index (χ1) is 11.7. The summed E-state index contributed by atoms with van der Waals surface area (Å²) < 4.78 is 0.812. The zero-order valence-corrected chi connectivity index (χ0v) is 14.9. The van der Waals surface area contributed by atoms with Crippen LogP contribution in [0.15, 0.2) is 64.4 Å². The molecule has 0 saturated heterocycles. The highest BCUT2D eigenvalue weighted by atomic mass is 32.2. The number of hydrogen-bond donors (Lipinski definition) is 0. The number of nitrogens with zero attached hydrogens (tertiary/aromatic N) is 3. The highest BCUT2D eigenvalue weighted by Gasteiger charge is 2.17. The molecule has 0 atom stereocenters. The van der Waals surface area contributed by atoms with E-state index in [9.17, 15) is 4.79 Å². The maximum Gasteiger partial charge on any atom is 0.237 e. The van der Waals surface area contributed by atoms with Crippen molar-refractivity contribution in [3.8, 4) is 0 Å². The Morgan fingerprint density at radius 1 is 1.17 bits per heavy atom. The lowest BCUT2D eigenvalue weighted by atomic mass is 10.1. The monoisotopic (exact) mass is 355 g/mol. The summed E-state index contributed by atoms with van der Waals surface area (Å²) in [6.07, 6.45) is 0. The fourth-order valence-electron chi connectivity index (χ4n) is 2.31. The second-order valence-corrected chi connectivity index (χ2v) is 7.35. The molecule has 24 heavy (non-hydrogen) atoms. The van der Waals surface area contributed by atoms with Gasteiger partial charge in [0.1, 0.15) is 5.51 Å². The van der Waals surface area contributed by atoms with Crippen LogP contribution in [0.25, 0.3) is 0 Å². The summed E-state index contributed by atoms with van der Waals surface area (Å²) in [6.45, 7) is 2.59. The summed E-state index contributed by atoms with van der Waals surface area (Å²) in [4.78, 5) is 14.6. The van der Waals surface area contributed by atoms with Gasteiger partial charge in [-0.3, -0.25) is 4.79 Å². The molecular weight excluding hydrogens is 338 g/mol. The van der Waals surface area contributed by atoms with Crippen molar-refractivity contribution >= 4 is 34.7 Å². The van der Waals surface area contributed by atoms with Crippen molar-refractivity contribution in [2.24, 2.45) is 0 Å². The number of amides is 1. The Morgan fingerprint density at radius 3 is 2.71 bits per heavy atom. The first kappa shape index (κ1) is 16.7. The minimum Gasteiger partial charge on any atom is -0.307 e. The molecule has 4 nitrogen and oxygen atoms in total. The molecule has 0 N–H and O–H groups in total. The average molecular weight is 355 g/mol. The van der Waals surface area contributed by atoms with Crippen LogP contribution in [0.3, 0.4) is 0 Å². The second kappa shape index (κ2) is 8.08. The minimum atomic E-state index is 0.0599. The van der Waals surface area contributed by atoms with Gasteiger partial charge in [0.05, 0.1) is 12.3 Å². The molecule has 0 aliphatic carbocycles. The van der Waals surface area contributed by atoms with Crippen molar-refractivity contribution in [1.82, 2.24) is 10.2 Å². The summed E-state index contributed by atoms with van der Waals surface area (Å²) >= 11 is 2.88. The molecule has 0 bridgehead atoms. The maximum atomic E-state index is 12.8. The predicted molar refractivity (Wildman–Crippen MR) is 99.4 cm³/mol. The Morgan fingerprint density at radius 2 is 2.00 bits per heavy atom. The van der Waals surface area contributed by atoms with Crippen molar-refractivity contribution in [2.75, 3.05) is 10.7 Å².